The van der Waals surface area contributed by atoms with E-state index in [1.807, 2.05) is 54.6 Å². The number of oxazole rings is 1. The molecule has 0 amide bonds. The second-order valence-corrected chi connectivity index (χ2v) is 21.1. The first-order valence-electron chi connectivity index (χ1n) is 22.1. The molecule has 0 atom stereocenters. The van der Waals surface area contributed by atoms with Gasteiger partial charge in [-0.1, -0.05) is 159 Å². The van der Waals surface area contributed by atoms with E-state index in [2.05, 4.69) is 205 Å². The number of thiazole rings is 1. The average Bonchev–Trinajstić information content (AvgIpc) is 4.07. The molecule has 0 N–H and O–H groups in total. The monoisotopic (exact) mass is 866 g/mol. The lowest BCUT2D eigenvalue weighted by Crippen LogP contribution is -2.22. The van der Waals surface area contributed by atoms with E-state index in [0.717, 1.165) is 50.8 Å². The number of para-hydroxylation sites is 8. The van der Waals surface area contributed by atoms with E-state index in [9.17, 15) is 0 Å². The van der Waals surface area contributed by atoms with E-state index >= 15 is 0 Å². The summed E-state index contributed by atoms with van der Waals surface area (Å²) in [6.07, 6.45) is 0. The highest BCUT2D eigenvalue weighted by Gasteiger charge is 2.25. The molecule has 0 fully saturated rings. The first kappa shape index (κ1) is 45.6. The van der Waals surface area contributed by atoms with Crippen molar-refractivity contribution >= 4 is 54.7 Å². The topological polar surface area (TPSA) is 74.6 Å². The van der Waals surface area contributed by atoms with Gasteiger partial charge in [-0.2, -0.15) is 0 Å². The van der Waals surface area contributed by atoms with Gasteiger partial charge in [0.2, 0.25) is 5.89 Å². The van der Waals surface area contributed by atoms with Crippen LogP contribution in [0.2, 0.25) is 0 Å². The Morgan fingerprint density at radius 2 is 0.953 bits per heavy atom. The van der Waals surface area contributed by atoms with Crippen molar-refractivity contribution in [3.05, 3.63) is 174 Å². The van der Waals surface area contributed by atoms with Crippen LogP contribution in [0.3, 0.4) is 0 Å². The molecule has 0 saturated carbocycles. The number of fused-ring (bicyclic) bond motifs is 4. The summed E-state index contributed by atoms with van der Waals surface area (Å²) in [5, 5.41) is 1.22. The molecular weight excluding hydrogens is 805 g/mol. The van der Waals surface area contributed by atoms with Crippen LogP contribution in [0, 0.1) is 0 Å². The van der Waals surface area contributed by atoms with Gasteiger partial charge in [0.05, 0.1) is 37.3 Å². The van der Waals surface area contributed by atoms with Crippen molar-refractivity contribution in [3.63, 3.8) is 0 Å². The molecule has 4 aromatic heterocycles. The molecule has 0 aliphatic rings. The van der Waals surface area contributed by atoms with Gasteiger partial charge in [0.15, 0.2) is 5.58 Å². The molecule has 8 heteroatoms. The lowest BCUT2D eigenvalue weighted by molar-refractivity contribution is 0.411. The summed E-state index contributed by atoms with van der Waals surface area (Å²) in [5.74, 6) is 2.93. The molecule has 0 aliphatic carbocycles. The minimum absolute atomic E-state index is 0.00127. The first-order chi connectivity index (χ1) is 30.3. The largest absolute Gasteiger partial charge is 0.440 e. The fourth-order valence-electron chi connectivity index (χ4n) is 7.24. The SMILES string of the molecule is CC(C)(C)c1nc2ccccc2n1-c1ccccc1.CC(C)(C)c1nc2ccccc2o1.CC(C)(C)c1nc2ccccc2s1.CC(C)(C)n1c(-c2ccccc2)nc2ccccc21. The standard InChI is InChI=1S/2C17H18N2.C11H13NO.C11H13NS/c1-17(2,3)16-18-14-11-7-8-12-15(14)19(16)13-9-5-4-6-10-13;1-17(2,3)19-15-12-8-7-11-14(15)18-16(19)13-9-5-4-6-10-13;2*1-11(2,3)10-12-8-6-4-5-7-9(8)13-10/h2*4-12H,1-3H3;2*4-7H,1-3H3. The highest BCUT2D eigenvalue weighted by Crippen LogP contribution is 2.33. The maximum atomic E-state index is 5.62. The second-order valence-electron chi connectivity index (χ2n) is 20.1. The summed E-state index contributed by atoms with van der Waals surface area (Å²) in [6, 6.07) is 53.6. The molecule has 0 aliphatic heterocycles. The normalized spacial score (nSPS) is 12.1. The zero-order valence-corrected chi connectivity index (χ0v) is 40.3. The van der Waals surface area contributed by atoms with Crippen molar-refractivity contribution in [3.8, 4) is 17.1 Å². The molecule has 64 heavy (non-hydrogen) atoms. The number of benzene rings is 6. The number of hydrogen-bond donors (Lipinski definition) is 0. The third-order valence-electron chi connectivity index (χ3n) is 10.4. The Kier molecular flexibility index (Phi) is 13.1. The molecule has 0 radical (unpaired) electrons. The molecule has 0 unspecified atom stereocenters. The van der Waals surface area contributed by atoms with Crippen molar-refractivity contribution < 1.29 is 4.42 Å². The molecule has 6 aromatic carbocycles. The zero-order chi connectivity index (χ0) is 45.9. The average molecular weight is 867 g/mol. The Hall–Kier alpha value is -6.38. The quantitative estimate of drug-likeness (QED) is 0.173. The van der Waals surface area contributed by atoms with Gasteiger partial charge in [0, 0.05) is 33.0 Å². The van der Waals surface area contributed by atoms with Gasteiger partial charge < -0.3 is 8.98 Å². The molecule has 0 saturated heterocycles. The summed E-state index contributed by atoms with van der Waals surface area (Å²) in [4.78, 5) is 18.7. The molecular formula is C56H62N6OS. The molecule has 7 nitrogen and oxygen atoms in total. The number of hydrogen-bond acceptors (Lipinski definition) is 6. The van der Waals surface area contributed by atoms with Gasteiger partial charge in [0.25, 0.3) is 0 Å². The van der Waals surface area contributed by atoms with Crippen molar-refractivity contribution in [1.82, 2.24) is 29.1 Å². The summed E-state index contributed by atoms with van der Waals surface area (Å²) in [6.45, 7) is 26.1. The van der Waals surface area contributed by atoms with Gasteiger partial charge in [-0.05, 0) is 81.4 Å². The van der Waals surface area contributed by atoms with Crippen LogP contribution in [-0.4, -0.2) is 29.1 Å². The molecule has 0 spiro atoms. The van der Waals surface area contributed by atoms with E-state index in [4.69, 9.17) is 14.4 Å². The maximum absolute atomic E-state index is 5.62. The molecule has 328 valence electrons. The molecule has 10 aromatic rings. The van der Waals surface area contributed by atoms with E-state index in [1.54, 1.807) is 11.3 Å². The smallest absolute Gasteiger partial charge is 0.200 e. The lowest BCUT2D eigenvalue weighted by atomic mass is 9.95. The third kappa shape index (κ3) is 10.5. The van der Waals surface area contributed by atoms with Gasteiger partial charge in [-0.15, -0.1) is 11.3 Å². The van der Waals surface area contributed by atoms with Crippen LogP contribution in [0.5, 0.6) is 0 Å². The van der Waals surface area contributed by atoms with Crippen LogP contribution in [0.15, 0.2) is 162 Å². The Bertz CT molecular complexity index is 2930. The fourth-order valence-corrected chi connectivity index (χ4v) is 8.26. The van der Waals surface area contributed by atoms with Crippen LogP contribution < -0.4 is 0 Å². The summed E-state index contributed by atoms with van der Waals surface area (Å²) in [7, 11) is 0. The Labute approximate surface area is 382 Å². The zero-order valence-electron chi connectivity index (χ0n) is 39.5. The highest BCUT2D eigenvalue weighted by atomic mass is 32.1. The molecule has 10 rings (SSSR count). The second kappa shape index (κ2) is 18.4. The van der Waals surface area contributed by atoms with Crippen molar-refractivity contribution in [2.24, 2.45) is 0 Å². The van der Waals surface area contributed by atoms with Gasteiger partial charge in [-0.25, -0.2) is 19.9 Å². The van der Waals surface area contributed by atoms with Crippen LogP contribution in [-0.2, 0) is 21.8 Å². The van der Waals surface area contributed by atoms with Crippen LogP contribution in [0.25, 0.3) is 60.5 Å². The predicted octanol–water partition coefficient (Wildman–Crippen LogP) is 15.5. The third-order valence-corrected chi connectivity index (χ3v) is 11.8. The van der Waals surface area contributed by atoms with Gasteiger partial charge in [-0.3, -0.25) is 4.57 Å². The predicted molar refractivity (Wildman–Crippen MR) is 271 cm³/mol. The Morgan fingerprint density at radius 3 is 1.52 bits per heavy atom. The van der Waals surface area contributed by atoms with E-state index in [0.29, 0.717) is 0 Å². The summed E-state index contributed by atoms with van der Waals surface area (Å²) in [5.41, 5.74) is 9.88. The molecule has 0 bridgehead atoms. The Balaban J connectivity index is 0.000000130. The van der Waals surface area contributed by atoms with E-state index in [-0.39, 0.29) is 21.8 Å². The van der Waals surface area contributed by atoms with Crippen LogP contribution in [0.1, 0.15) is 99.8 Å². The van der Waals surface area contributed by atoms with Crippen molar-refractivity contribution in [1.29, 1.82) is 0 Å². The van der Waals surface area contributed by atoms with Gasteiger partial charge in [0.1, 0.15) is 17.2 Å². The minimum atomic E-state index is -0.0149. The minimum Gasteiger partial charge on any atom is -0.440 e. The van der Waals surface area contributed by atoms with E-state index < -0.39 is 0 Å². The highest BCUT2D eigenvalue weighted by molar-refractivity contribution is 7.18. The van der Waals surface area contributed by atoms with Crippen LogP contribution in [0.4, 0.5) is 0 Å². The summed E-state index contributed by atoms with van der Waals surface area (Å²) >= 11 is 1.79. The molecule has 4 heterocycles. The van der Waals surface area contributed by atoms with E-state index in [1.165, 1.54) is 26.4 Å². The summed E-state index contributed by atoms with van der Waals surface area (Å²) < 4.78 is 11.5. The lowest BCUT2D eigenvalue weighted by Gasteiger charge is -2.24. The number of rotatable bonds is 2. The van der Waals surface area contributed by atoms with Gasteiger partial charge >= 0.3 is 0 Å². The first-order valence-corrected chi connectivity index (χ1v) is 22.9. The van der Waals surface area contributed by atoms with Crippen LogP contribution >= 0.6 is 11.3 Å². The number of nitrogens with zero attached hydrogens (tertiary/aromatic N) is 6. The number of imidazole rings is 2. The van der Waals surface area contributed by atoms with Crippen molar-refractivity contribution in [2.75, 3.05) is 0 Å². The Morgan fingerprint density at radius 1 is 0.438 bits per heavy atom. The maximum Gasteiger partial charge on any atom is 0.200 e. The van der Waals surface area contributed by atoms with Crippen molar-refractivity contribution in [2.45, 2.75) is 105 Å². The number of aromatic nitrogens is 6. The fraction of sp³-hybridized carbons (Fsp3) is 0.286.